The molecule has 1 aliphatic carbocycles. The Labute approximate surface area is 123 Å². The second-order valence-corrected chi connectivity index (χ2v) is 5.34. The number of nitrogens with two attached hydrogens (primary N) is 1. The molecule has 5 heteroatoms. The van der Waals surface area contributed by atoms with E-state index >= 15 is 0 Å². The molecule has 0 spiro atoms. The first-order valence-electron chi connectivity index (χ1n) is 7.17. The highest BCUT2D eigenvalue weighted by molar-refractivity contribution is 5.92. The maximum Gasteiger partial charge on any atom is 0.360 e. The molecule has 0 aliphatic heterocycles. The summed E-state index contributed by atoms with van der Waals surface area (Å²) >= 11 is 0. The number of esters is 1. The van der Waals surface area contributed by atoms with Crippen LogP contribution < -0.4 is 5.73 Å². The number of carbonyl (C=O) groups is 1. The highest BCUT2D eigenvalue weighted by Crippen LogP contribution is 2.30. The smallest absolute Gasteiger partial charge is 0.360 e. The van der Waals surface area contributed by atoms with Crippen molar-refractivity contribution in [3.05, 3.63) is 40.8 Å². The Bertz CT molecular complexity index is 704. The van der Waals surface area contributed by atoms with Crippen LogP contribution in [-0.4, -0.2) is 22.6 Å². The van der Waals surface area contributed by atoms with Gasteiger partial charge in [0.1, 0.15) is 11.6 Å². The molecule has 1 aliphatic rings. The fourth-order valence-electron chi connectivity index (χ4n) is 3.07. The molecule has 3 rings (SSSR count). The van der Waals surface area contributed by atoms with Gasteiger partial charge in [0.05, 0.1) is 12.8 Å². The fraction of sp³-hybridized carbons (Fsp3) is 0.375. The van der Waals surface area contributed by atoms with E-state index in [2.05, 4.69) is 11.1 Å². The number of methoxy groups -OCH3 is 1. The van der Waals surface area contributed by atoms with E-state index in [1.807, 2.05) is 23.6 Å². The summed E-state index contributed by atoms with van der Waals surface area (Å²) in [5.74, 6) is 0.546. The zero-order valence-corrected chi connectivity index (χ0v) is 12.3. The summed E-state index contributed by atoms with van der Waals surface area (Å²) in [5, 5.41) is 0. The Morgan fingerprint density at radius 2 is 2.10 bits per heavy atom. The number of nitrogen functional groups attached to an aromatic ring is 1. The molecule has 1 heterocycles. The number of hydrogen-bond donors (Lipinski definition) is 1. The number of rotatable bonds is 2. The summed E-state index contributed by atoms with van der Waals surface area (Å²) in [6.07, 6.45) is 4.54. The standard InChI is InChI=1S/C16H19N3O2/c1-10-18-14(16(20)21-2)15(17)19(10)13-9-5-7-11-6-3-4-8-12(11)13/h5,7,9H,3-4,6,8,17H2,1-2H3. The van der Waals surface area contributed by atoms with E-state index in [1.165, 1.54) is 31.1 Å². The van der Waals surface area contributed by atoms with Crippen molar-refractivity contribution in [2.24, 2.45) is 0 Å². The number of nitrogens with zero attached hydrogens (tertiary/aromatic N) is 2. The zero-order valence-electron chi connectivity index (χ0n) is 12.3. The number of hydrogen-bond acceptors (Lipinski definition) is 4. The molecular formula is C16H19N3O2. The summed E-state index contributed by atoms with van der Waals surface area (Å²) < 4.78 is 6.60. The van der Waals surface area contributed by atoms with Crippen molar-refractivity contribution in [3.63, 3.8) is 0 Å². The van der Waals surface area contributed by atoms with Gasteiger partial charge in [0, 0.05) is 0 Å². The van der Waals surface area contributed by atoms with Crippen LogP contribution in [-0.2, 0) is 17.6 Å². The van der Waals surface area contributed by atoms with Crippen molar-refractivity contribution in [1.82, 2.24) is 9.55 Å². The number of anilines is 1. The van der Waals surface area contributed by atoms with E-state index in [4.69, 9.17) is 10.5 Å². The molecule has 0 saturated heterocycles. The minimum absolute atomic E-state index is 0.184. The highest BCUT2D eigenvalue weighted by Gasteiger charge is 2.22. The molecule has 2 N–H and O–H groups in total. The van der Waals surface area contributed by atoms with Crippen molar-refractivity contribution in [2.75, 3.05) is 12.8 Å². The summed E-state index contributed by atoms with van der Waals surface area (Å²) in [4.78, 5) is 16.0. The van der Waals surface area contributed by atoms with E-state index in [0.29, 0.717) is 11.6 Å². The second-order valence-electron chi connectivity index (χ2n) is 5.34. The Morgan fingerprint density at radius 3 is 2.86 bits per heavy atom. The van der Waals surface area contributed by atoms with Crippen LogP contribution in [0.4, 0.5) is 5.82 Å². The molecule has 21 heavy (non-hydrogen) atoms. The molecule has 1 aromatic carbocycles. The number of aryl methyl sites for hydroxylation is 2. The zero-order chi connectivity index (χ0) is 15.0. The lowest BCUT2D eigenvalue weighted by Gasteiger charge is -2.20. The topological polar surface area (TPSA) is 70.1 Å². The van der Waals surface area contributed by atoms with Crippen LogP contribution in [0, 0.1) is 6.92 Å². The van der Waals surface area contributed by atoms with Gasteiger partial charge < -0.3 is 10.5 Å². The number of aromatic nitrogens is 2. The first-order chi connectivity index (χ1) is 10.1. The summed E-state index contributed by atoms with van der Waals surface area (Å²) in [6, 6.07) is 6.24. The summed E-state index contributed by atoms with van der Waals surface area (Å²) in [6.45, 7) is 1.85. The van der Waals surface area contributed by atoms with Gasteiger partial charge in [0.15, 0.2) is 5.69 Å². The third-order valence-electron chi connectivity index (χ3n) is 4.07. The highest BCUT2D eigenvalue weighted by atomic mass is 16.5. The van der Waals surface area contributed by atoms with Crippen LogP contribution in [0.15, 0.2) is 18.2 Å². The number of benzene rings is 1. The van der Waals surface area contributed by atoms with Crippen LogP contribution in [0.5, 0.6) is 0 Å². The van der Waals surface area contributed by atoms with E-state index in [0.717, 1.165) is 18.5 Å². The first kappa shape index (κ1) is 13.7. The molecule has 110 valence electrons. The Morgan fingerprint density at radius 1 is 1.33 bits per heavy atom. The van der Waals surface area contributed by atoms with Crippen LogP contribution in [0.3, 0.4) is 0 Å². The molecule has 0 amide bonds. The van der Waals surface area contributed by atoms with Crippen LogP contribution in [0.25, 0.3) is 5.69 Å². The largest absolute Gasteiger partial charge is 0.464 e. The molecule has 0 saturated carbocycles. The Balaban J connectivity index is 2.18. The Hall–Kier alpha value is -2.30. The molecule has 2 aromatic rings. The van der Waals surface area contributed by atoms with Crippen molar-refractivity contribution in [1.29, 1.82) is 0 Å². The summed E-state index contributed by atoms with van der Waals surface area (Å²) in [7, 11) is 1.33. The SMILES string of the molecule is COC(=O)c1nc(C)n(-c2cccc3c2CCCC3)c1N. The van der Waals surface area contributed by atoms with Gasteiger partial charge in [-0.2, -0.15) is 0 Å². The van der Waals surface area contributed by atoms with Crippen LogP contribution >= 0.6 is 0 Å². The monoisotopic (exact) mass is 285 g/mol. The third kappa shape index (κ3) is 2.18. The van der Waals surface area contributed by atoms with E-state index in [-0.39, 0.29) is 5.69 Å². The van der Waals surface area contributed by atoms with Crippen LogP contribution in [0.1, 0.15) is 40.3 Å². The number of carbonyl (C=O) groups excluding carboxylic acids is 1. The van der Waals surface area contributed by atoms with E-state index in [9.17, 15) is 4.79 Å². The van der Waals surface area contributed by atoms with Gasteiger partial charge in [0.25, 0.3) is 0 Å². The normalized spacial score (nSPS) is 13.8. The molecule has 1 aromatic heterocycles. The Kier molecular flexibility index (Phi) is 3.41. The average molecular weight is 285 g/mol. The maximum atomic E-state index is 11.7. The minimum Gasteiger partial charge on any atom is -0.464 e. The van der Waals surface area contributed by atoms with E-state index in [1.54, 1.807) is 0 Å². The fourth-order valence-corrected chi connectivity index (χ4v) is 3.07. The lowest BCUT2D eigenvalue weighted by molar-refractivity contribution is 0.0596. The molecule has 5 nitrogen and oxygen atoms in total. The number of ether oxygens (including phenoxy) is 1. The average Bonchev–Trinajstić information content (AvgIpc) is 2.81. The minimum atomic E-state index is -0.501. The maximum absolute atomic E-state index is 11.7. The van der Waals surface area contributed by atoms with Crippen molar-refractivity contribution < 1.29 is 9.53 Å². The lowest BCUT2D eigenvalue weighted by atomic mass is 9.90. The molecule has 0 atom stereocenters. The van der Waals surface area contributed by atoms with Gasteiger partial charge in [-0.25, -0.2) is 9.78 Å². The predicted octanol–water partition coefficient (Wildman–Crippen LogP) is 2.43. The van der Waals surface area contributed by atoms with Gasteiger partial charge in [0.2, 0.25) is 0 Å². The number of imidazole rings is 1. The summed E-state index contributed by atoms with van der Waals surface area (Å²) in [5.41, 5.74) is 10.0. The third-order valence-corrected chi connectivity index (χ3v) is 4.07. The molecule has 0 unspecified atom stereocenters. The predicted molar refractivity (Wildman–Crippen MR) is 80.7 cm³/mol. The molecule has 0 bridgehead atoms. The molecular weight excluding hydrogens is 266 g/mol. The van der Waals surface area contributed by atoms with Gasteiger partial charge >= 0.3 is 5.97 Å². The van der Waals surface area contributed by atoms with Gasteiger partial charge in [-0.05, 0) is 49.8 Å². The first-order valence-corrected chi connectivity index (χ1v) is 7.17. The quantitative estimate of drug-likeness (QED) is 0.860. The lowest BCUT2D eigenvalue weighted by Crippen LogP contribution is -2.12. The second kappa shape index (κ2) is 5.24. The molecule has 0 fully saturated rings. The molecule has 0 radical (unpaired) electrons. The van der Waals surface area contributed by atoms with Crippen molar-refractivity contribution in [3.8, 4) is 5.69 Å². The van der Waals surface area contributed by atoms with E-state index < -0.39 is 5.97 Å². The van der Waals surface area contributed by atoms with Crippen LogP contribution in [0.2, 0.25) is 0 Å². The van der Waals surface area contributed by atoms with Gasteiger partial charge in [-0.1, -0.05) is 12.1 Å². The van der Waals surface area contributed by atoms with Gasteiger partial charge in [-0.3, -0.25) is 4.57 Å². The van der Waals surface area contributed by atoms with Gasteiger partial charge in [-0.15, -0.1) is 0 Å². The van der Waals surface area contributed by atoms with Crippen molar-refractivity contribution in [2.45, 2.75) is 32.6 Å². The van der Waals surface area contributed by atoms with Crippen molar-refractivity contribution >= 4 is 11.8 Å². The number of fused-ring (bicyclic) bond motifs is 1.